The fourth-order valence-electron chi connectivity index (χ4n) is 2.43. The van der Waals surface area contributed by atoms with Crippen molar-refractivity contribution in [3.63, 3.8) is 0 Å². The van der Waals surface area contributed by atoms with Crippen molar-refractivity contribution in [3.05, 3.63) is 57.1 Å². The lowest BCUT2D eigenvalue weighted by molar-refractivity contribution is -0.383. The van der Waals surface area contributed by atoms with Gasteiger partial charge in [0.1, 0.15) is 17.2 Å². The molecular formula is C18H17ClF3N3O4. The predicted octanol–water partition coefficient (Wildman–Crippen LogP) is 5.93. The van der Waals surface area contributed by atoms with Crippen molar-refractivity contribution in [3.8, 4) is 11.5 Å². The third-order valence-corrected chi connectivity index (χ3v) is 4.24. The van der Waals surface area contributed by atoms with Gasteiger partial charge >= 0.3 is 12.2 Å². The minimum atomic E-state index is -4.56. The van der Waals surface area contributed by atoms with E-state index < -0.39 is 22.7 Å². The first-order valence-electron chi connectivity index (χ1n) is 8.45. The summed E-state index contributed by atoms with van der Waals surface area (Å²) in [6, 6.07) is 5.59. The summed E-state index contributed by atoms with van der Waals surface area (Å²) in [5, 5.41) is 13.4. The van der Waals surface area contributed by atoms with E-state index in [1.165, 1.54) is 17.0 Å². The maximum absolute atomic E-state index is 12.7. The van der Waals surface area contributed by atoms with Gasteiger partial charge in [-0.15, -0.1) is 0 Å². The van der Waals surface area contributed by atoms with Crippen molar-refractivity contribution in [1.29, 1.82) is 0 Å². The maximum atomic E-state index is 12.7. The molecule has 2 rings (SSSR count). The fraction of sp³-hybridized carbons (Fsp3) is 0.278. The van der Waals surface area contributed by atoms with Gasteiger partial charge in [0.25, 0.3) is 5.69 Å². The normalized spacial score (nSPS) is 11.1. The summed E-state index contributed by atoms with van der Waals surface area (Å²) in [5.41, 5.74) is -1.42. The van der Waals surface area contributed by atoms with Crippen LogP contribution in [0.1, 0.15) is 19.4 Å². The molecule has 2 aromatic carbocycles. The maximum Gasteiger partial charge on any atom is 0.416 e. The van der Waals surface area contributed by atoms with Gasteiger partial charge in [0.2, 0.25) is 0 Å². The quantitative estimate of drug-likeness (QED) is 0.453. The molecular weight excluding hydrogens is 415 g/mol. The van der Waals surface area contributed by atoms with E-state index in [1.54, 1.807) is 13.8 Å². The number of rotatable bonds is 6. The molecule has 0 saturated heterocycles. The summed E-state index contributed by atoms with van der Waals surface area (Å²) in [4.78, 5) is 24.2. The molecule has 0 aliphatic heterocycles. The van der Waals surface area contributed by atoms with Crippen LogP contribution >= 0.6 is 11.6 Å². The number of benzene rings is 2. The minimum absolute atomic E-state index is 0.0482. The van der Waals surface area contributed by atoms with Crippen LogP contribution in [-0.2, 0) is 6.18 Å². The van der Waals surface area contributed by atoms with Crippen molar-refractivity contribution >= 4 is 29.0 Å². The predicted molar refractivity (Wildman–Crippen MR) is 102 cm³/mol. The lowest BCUT2D eigenvalue weighted by Gasteiger charge is -2.19. The molecule has 2 aromatic rings. The lowest BCUT2D eigenvalue weighted by atomic mass is 10.2. The average molecular weight is 432 g/mol. The fourth-order valence-corrected chi connectivity index (χ4v) is 2.65. The Hall–Kier alpha value is -3.01. The van der Waals surface area contributed by atoms with Crippen molar-refractivity contribution in [2.45, 2.75) is 20.0 Å². The van der Waals surface area contributed by atoms with Crippen molar-refractivity contribution < 1.29 is 27.6 Å². The number of hydrogen-bond acceptors (Lipinski definition) is 4. The molecule has 0 aliphatic rings. The number of amides is 2. The van der Waals surface area contributed by atoms with Gasteiger partial charge in [-0.1, -0.05) is 11.6 Å². The number of alkyl halides is 3. The first-order chi connectivity index (χ1) is 13.6. The number of urea groups is 1. The SMILES string of the molecule is CCN(CC)C(=O)Nc1cc(Oc2ccc(C(F)(F)F)cc2Cl)ccc1[N+](=O)[O-]. The summed E-state index contributed by atoms with van der Waals surface area (Å²) in [5.74, 6) is -0.0263. The van der Waals surface area contributed by atoms with Crippen LogP contribution in [-0.4, -0.2) is 28.9 Å². The van der Waals surface area contributed by atoms with Crippen LogP contribution in [0.4, 0.5) is 29.3 Å². The van der Waals surface area contributed by atoms with E-state index in [0.29, 0.717) is 19.2 Å². The summed E-state index contributed by atoms with van der Waals surface area (Å²) in [6.07, 6.45) is -4.56. The standard InChI is InChI=1S/C18H17ClF3N3O4/c1-3-24(4-2)17(26)23-14-10-12(6-7-15(14)25(27)28)29-16-8-5-11(9-13(16)19)18(20,21)22/h5-10H,3-4H2,1-2H3,(H,23,26). The molecule has 1 N–H and O–H groups in total. The van der Waals surface area contributed by atoms with Crippen LogP contribution in [0.2, 0.25) is 5.02 Å². The van der Waals surface area contributed by atoms with Gasteiger partial charge < -0.3 is 15.0 Å². The van der Waals surface area contributed by atoms with Crippen LogP contribution in [0.25, 0.3) is 0 Å². The molecule has 0 aromatic heterocycles. The van der Waals surface area contributed by atoms with Gasteiger partial charge in [-0.2, -0.15) is 13.2 Å². The summed E-state index contributed by atoms with van der Waals surface area (Å²) < 4.78 is 43.7. The number of nitro groups is 1. The Kier molecular flexibility index (Phi) is 6.91. The highest BCUT2D eigenvalue weighted by Crippen LogP contribution is 2.38. The Morgan fingerprint density at radius 2 is 1.86 bits per heavy atom. The first-order valence-corrected chi connectivity index (χ1v) is 8.83. The number of carbonyl (C=O) groups is 1. The number of anilines is 1. The Morgan fingerprint density at radius 3 is 2.38 bits per heavy atom. The molecule has 11 heteroatoms. The summed E-state index contributed by atoms with van der Waals surface area (Å²) >= 11 is 5.86. The monoisotopic (exact) mass is 431 g/mol. The third-order valence-electron chi connectivity index (χ3n) is 3.94. The second-order valence-corrected chi connectivity index (χ2v) is 6.19. The highest BCUT2D eigenvalue weighted by Gasteiger charge is 2.31. The van der Waals surface area contributed by atoms with E-state index in [9.17, 15) is 28.1 Å². The molecule has 0 aliphatic carbocycles. The van der Waals surface area contributed by atoms with E-state index >= 15 is 0 Å². The van der Waals surface area contributed by atoms with Gasteiger partial charge in [0.05, 0.1) is 15.5 Å². The molecule has 0 bridgehead atoms. The highest BCUT2D eigenvalue weighted by atomic mass is 35.5. The summed E-state index contributed by atoms with van der Waals surface area (Å²) in [7, 11) is 0. The van der Waals surface area contributed by atoms with Gasteiger partial charge in [-0.3, -0.25) is 10.1 Å². The molecule has 0 fully saturated rings. The third kappa shape index (κ3) is 5.50. The van der Waals surface area contributed by atoms with Gasteiger partial charge in [0, 0.05) is 25.2 Å². The molecule has 29 heavy (non-hydrogen) atoms. The van der Waals surface area contributed by atoms with Gasteiger partial charge in [0.15, 0.2) is 0 Å². The smallest absolute Gasteiger partial charge is 0.416 e. The second kappa shape index (κ2) is 8.99. The van der Waals surface area contributed by atoms with Crippen molar-refractivity contribution in [1.82, 2.24) is 4.90 Å². The largest absolute Gasteiger partial charge is 0.456 e. The van der Waals surface area contributed by atoms with Crippen LogP contribution < -0.4 is 10.1 Å². The van der Waals surface area contributed by atoms with E-state index in [-0.39, 0.29) is 27.9 Å². The Balaban J connectivity index is 2.33. The Bertz CT molecular complexity index is 918. The topological polar surface area (TPSA) is 84.7 Å². The zero-order valence-corrected chi connectivity index (χ0v) is 16.2. The van der Waals surface area contributed by atoms with Crippen molar-refractivity contribution in [2.24, 2.45) is 0 Å². The molecule has 0 saturated carbocycles. The lowest BCUT2D eigenvalue weighted by Crippen LogP contribution is -2.34. The summed E-state index contributed by atoms with van der Waals surface area (Å²) in [6.45, 7) is 4.30. The molecule has 0 heterocycles. The minimum Gasteiger partial charge on any atom is -0.456 e. The number of ether oxygens (including phenoxy) is 1. The second-order valence-electron chi connectivity index (χ2n) is 5.78. The number of carbonyl (C=O) groups excluding carboxylic acids is 1. The number of halogens is 4. The molecule has 2 amide bonds. The van der Waals surface area contributed by atoms with Crippen LogP contribution in [0, 0.1) is 10.1 Å². The van der Waals surface area contributed by atoms with Crippen LogP contribution in [0.3, 0.4) is 0 Å². The van der Waals surface area contributed by atoms with E-state index in [2.05, 4.69) is 5.32 Å². The van der Waals surface area contributed by atoms with Crippen LogP contribution in [0.15, 0.2) is 36.4 Å². The average Bonchev–Trinajstić information content (AvgIpc) is 2.63. The van der Waals surface area contributed by atoms with E-state index in [4.69, 9.17) is 16.3 Å². The van der Waals surface area contributed by atoms with E-state index in [1.807, 2.05) is 0 Å². The highest BCUT2D eigenvalue weighted by molar-refractivity contribution is 6.32. The Morgan fingerprint density at radius 1 is 1.21 bits per heavy atom. The molecule has 0 spiro atoms. The molecule has 7 nitrogen and oxygen atoms in total. The van der Waals surface area contributed by atoms with Crippen molar-refractivity contribution in [2.75, 3.05) is 18.4 Å². The van der Waals surface area contributed by atoms with Crippen LogP contribution in [0.5, 0.6) is 11.5 Å². The first kappa shape index (κ1) is 22.3. The molecule has 0 atom stereocenters. The molecule has 0 unspecified atom stereocenters. The molecule has 156 valence electrons. The van der Waals surface area contributed by atoms with E-state index in [0.717, 1.165) is 18.2 Å². The van der Waals surface area contributed by atoms with Gasteiger partial charge in [-0.05, 0) is 38.1 Å². The zero-order valence-electron chi connectivity index (χ0n) is 15.4. The number of nitrogens with one attached hydrogen (secondary N) is 1. The number of hydrogen-bond donors (Lipinski definition) is 1. The number of nitrogens with zero attached hydrogens (tertiary/aromatic N) is 2. The Labute approximate surface area is 169 Å². The molecule has 0 radical (unpaired) electrons. The zero-order chi connectivity index (χ0) is 21.8. The number of nitro benzene ring substituents is 1. The van der Waals surface area contributed by atoms with Gasteiger partial charge in [-0.25, -0.2) is 4.79 Å².